The zero-order chi connectivity index (χ0) is 23.8. The van der Waals surface area contributed by atoms with Gasteiger partial charge in [-0.25, -0.2) is 4.52 Å². The summed E-state index contributed by atoms with van der Waals surface area (Å²) in [6.07, 6.45) is 12.9. The topological polar surface area (TPSA) is 62.5 Å². The average Bonchev–Trinajstić information content (AvgIpc) is 3.47. The number of benzene rings is 1. The number of amides is 1. The van der Waals surface area contributed by atoms with Crippen molar-refractivity contribution in [3.8, 4) is 0 Å². The molecular formula is C29H31N5O. The number of carbonyl (C=O) groups is 1. The molecule has 0 saturated carbocycles. The summed E-state index contributed by atoms with van der Waals surface area (Å²) in [4.78, 5) is 20.0. The van der Waals surface area contributed by atoms with Crippen LogP contribution in [0.1, 0.15) is 52.7 Å². The Morgan fingerprint density at radius 1 is 1.03 bits per heavy atom. The lowest BCUT2D eigenvalue weighted by molar-refractivity contribution is 0.0525. The first kappa shape index (κ1) is 21.8. The fourth-order valence-corrected chi connectivity index (χ4v) is 6.08. The predicted octanol–water partition coefficient (Wildman–Crippen LogP) is 5.28. The third-order valence-corrected chi connectivity index (χ3v) is 7.81. The fourth-order valence-electron chi connectivity index (χ4n) is 6.08. The van der Waals surface area contributed by atoms with Gasteiger partial charge in [-0.1, -0.05) is 12.1 Å². The largest absolute Gasteiger partial charge is 0.381 e. The number of nitrogens with zero attached hydrogens (tertiary/aromatic N) is 4. The lowest BCUT2D eigenvalue weighted by Crippen LogP contribution is -2.46. The van der Waals surface area contributed by atoms with Gasteiger partial charge >= 0.3 is 0 Å². The van der Waals surface area contributed by atoms with Crippen LogP contribution in [0.5, 0.6) is 0 Å². The monoisotopic (exact) mass is 465 g/mol. The van der Waals surface area contributed by atoms with E-state index in [1.165, 1.54) is 16.6 Å². The molecule has 1 N–H and O–H groups in total. The Hall–Kier alpha value is -3.67. The van der Waals surface area contributed by atoms with Gasteiger partial charge in [0.1, 0.15) is 0 Å². The number of carbonyl (C=O) groups excluding carboxylic acids is 1. The zero-order valence-corrected chi connectivity index (χ0v) is 20.1. The maximum absolute atomic E-state index is 13.7. The number of aromatic nitrogens is 3. The molecule has 1 amide bonds. The minimum Gasteiger partial charge on any atom is -0.381 e. The van der Waals surface area contributed by atoms with Crippen LogP contribution in [0.4, 0.5) is 5.69 Å². The van der Waals surface area contributed by atoms with E-state index < -0.39 is 0 Å². The summed E-state index contributed by atoms with van der Waals surface area (Å²) in [5.41, 5.74) is 6.67. The van der Waals surface area contributed by atoms with Crippen LogP contribution in [0.2, 0.25) is 0 Å². The highest BCUT2D eigenvalue weighted by Gasteiger charge is 2.43. The van der Waals surface area contributed by atoms with Crippen LogP contribution in [-0.4, -0.2) is 37.5 Å². The van der Waals surface area contributed by atoms with E-state index in [1.807, 2.05) is 41.2 Å². The lowest BCUT2D eigenvalue weighted by atomic mass is 9.85. The third-order valence-electron chi connectivity index (χ3n) is 7.81. The molecule has 35 heavy (non-hydrogen) atoms. The molecule has 6 heteroatoms. The minimum absolute atomic E-state index is 0.181. The Morgan fingerprint density at radius 3 is 2.63 bits per heavy atom. The second-order valence-corrected chi connectivity index (χ2v) is 10.1. The summed E-state index contributed by atoms with van der Waals surface area (Å²) >= 11 is 0. The maximum Gasteiger partial charge on any atom is 0.254 e. The smallest absolute Gasteiger partial charge is 0.254 e. The lowest BCUT2D eigenvalue weighted by Gasteiger charge is -2.39. The van der Waals surface area contributed by atoms with Crippen molar-refractivity contribution in [2.24, 2.45) is 5.92 Å². The van der Waals surface area contributed by atoms with Crippen LogP contribution in [0.3, 0.4) is 0 Å². The fraction of sp³-hybridized carbons (Fsp3) is 0.345. The van der Waals surface area contributed by atoms with E-state index in [2.05, 4.69) is 51.5 Å². The number of piperidine rings is 1. The molecule has 2 saturated heterocycles. The summed E-state index contributed by atoms with van der Waals surface area (Å²) in [5.74, 6) is 0.786. The van der Waals surface area contributed by atoms with Crippen LogP contribution >= 0.6 is 0 Å². The number of aryl methyl sites for hydroxylation is 1. The number of anilines is 1. The summed E-state index contributed by atoms with van der Waals surface area (Å²) in [7, 11) is 0. The van der Waals surface area contributed by atoms with Crippen molar-refractivity contribution in [1.82, 2.24) is 19.5 Å². The highest BCUT2D eigenvalue weighted by atomic mass is 16.2. The van der Waals surface area contributed by atoms with E-state index in [-0.39, 0.29) is 5.91 Å². The van der Waals surface area contributed by atoms with Gasteiger partial charge in [-0.05, 0) is 98.0 Å². The minimum atomic E-state index is 0.181. The number of rotatable bonds is 6. The van der Waals surface area contributed by atoms with Crippen LogP contribution in [0, 0.1) is 12.8 Å². The van der Waals surface area contributed by atoms with Crippen molar-refractivity contribution < 1.29 is 4.79 Å². The second-order valence-electron chi connectivity index (χ2n) is 10.1. The van der Waals surface area contributed by atoms with Crippen molar-refractivity contribution in [2.45, 2.75) is 57.7 Å². The molecule has 2 fully saturated rings. The number of hydrogen-bond acceptors (Lipinski definition) is 4. The highest BCUT2D eigenvalue weighted by molar-refractivity contribution is 5.96. The van der Waals surface area contributed by atoms with Gasteiger partial charge in [-0.3, -0.25) is 9.78 Å². The summed E-state index contributed by atoms with van der Waals surface area (Å²) in [5, 5.41) is 7.89. The third kappa shape index (κ3) is 4.29. The van der Waals surface area contributed by atoms with Crippen molar-refractivity contribution in [3.05, 3.63) is 95.6 Å². The quantitative estimate of drug-likeness (QED) is 0.421. The second kappa shape index (κ2) is 9.17. The van der Waals surface area contributed by atoms with Crippen molar-refractivity contribution in [2.75, 3.05) is 5.32 Å². The molecular weight excluding hydrogens is 434 g/mol. The summed E-state index contributed by atoms with van der Waals surface area (Å²) < 4.78 is 1.96. The Morgan fingerprint density at radius 2 is 1.83 bits per heavy atom. The summed E-state index contributed by atoms with van der Waals surface area (Å²) in [6.45, 7) is 2.79. The van der Waals surface area contributed by atoms with E-state index in [4.69, 9.17) is 0 Å². The van der Waals surface area contributed by atoms with Gasteiger partial charge in [0, 0.05) is 54.7 Å². The molecule has 2 aliphatic heterocycles. The summed E-state index contributed by atoms with van der Waals surface area (Å²) in [6, 6.07) is 17.2. The molecule has 0 spiro atoms. The SMILES string of the molecule is Cc1ccc(C(=O)N2C3CCC2CC(Cc2cccn4nccc24)C3)cc1NCc1ccncc1. The van der Waals surface area contributed by atoms with E-state index >= 15 is 0 Å². The molecule has 0 radical (unpaired) electrons. The van der Waals surface area contributed by atoms with Crippen molar-refractivity contribution >= 4 is 17.1 Å². The van der Waals surface area contributed by atoms with E-state index in [0.717, 1.165) is 48.9 Å². The molecule has 6 rings (SSSR count). The number of hydrogen-bond donors (Lipinski definition) is 1. The first-order valence-electron chi connectivity index (χ1n) is 12.6. The van der Waals surface area contributed by atoms with E-state index in [1.54, 1.807) is 12.4 Å². The highest BCUT2D eigenvalue weighted by Crippen LogP contribution is 2.41. The zero-order valence-electron chi connectivity index (χ0n) is 20.1. The molecule has 5 heterocycles. The normalized spacial score (nSPS) is 21.4. The first-order valence-corrected chi connectivity index (χ1v) is 12.6. The van der Waals surface area contributed by atoms with Crippen LogP contribution < -0.4 is 5.32 Å². The first-order chi connectivity index (χ1) is 17.2. The van der Waals surface area contributed by atoms with E-state index in [9.17, 15) is 4.79 Å². The Balaban J connectivity index is 1.16. The molecule has 2 bridgehead atoms. The van der Waals surface area contributed by atoms with Crippen molar-refractivity contribution in [3.63, 3.8) is 0 Å². The standard InChI is InChI=1S/C29H31N5O/c1-20-4-5-24(18-27(20)31-19-21-8-11-30-12-9-21)29(35)34-25-6-7-26(34)17-22(16-25)15-23-3-2-14-33-28(23)10-13-32-33/h2-5,8-14,18,22,25-26,31H,6-7,15-17,19H2,1H3. The molecule has 2 aliphatic rings. The van der Waals surface area contributed by atoms with Crippen LogP contribution in [0.25, 0.3) is 5.52 Å². The molecule has 178 valence electrons. The molecule has 1 aromatic carbocycles. The Kier molecular flexibility index (Phi) is 5.72. The molecule has 3 aromatic heterocycles. The average molecular weight is 466 g/mol. The predicted molar refractivity (Wildman–Crippen MR) is 137 cm³/mol. The molecule has 2 atom stereocenters. The number of nitrogens with one attached hydrogen (secondary N) is 1. The molecule has 4 aromatic rings. The van der Waals surface area contributed by atoms with Gasteiger partial charge < -0.3 is 10.2 Å². The van der Waals surface area contributed by atoms with Crippen molar-refractivity contribution in [1.29, 1.82) is 0 Å². The van der Waals surface area contributed by atoms with Crippen LogP contribution in [-0.2, 0) is 13.0 Å². The molecule has 6 nitrogen and oxygen atoms in total. The van der Waals surface area contributed by atoms with Gasteiger partial charge in [0.2, 0.25) is 0 Å². The Labute approximate surface area is 206 Å². The number of pyridine rings is 2. The maximum atomic E-state index is 13.7. The van der Waals surface area contributed by atoms with Crippen LogP contribution in [0.15, 0.2) is 73.3 Å². The van der Waals surface area contributed by atoms with Gasteiger partial charge in [0.05, 0.1) is 5.52 Å². The molecule has 0 aliphatic carbocycles. The van der Waals surface area contributed by atoms with Gasteiger partial charge in [0.15, 0.2) is 0 Å². The molecule has 2 unspecified atom stereocenters. The van der Waals surface area contributed by atoms with Gasteiger partial charge in [-0.2, -0.15) is 5.10 Å². The number of fused-ring (bicyclic) bond motifs is 3. The van der Waals surface area contributed by atoms with E-state index in [0.29, 0.717) is 24.5 Å². The van der Waals surface area contributed by atoms with Gasteiger partial charge in [-0.15, -0.1) is 0 Å². The van der Waals surface area contributed by atoms with Gasteiger partial charge in [0.25, 0.3) is 5.91 Å². The Bertz CT molecular complexity index is 1330.